The van der Waals surface area contributed by atoms with E-state index < -0.39 is 17.5 Å². The van der Waals surface area contributed by atoms with E-state index in [1.165, 1.54) is 39.5 Å². The number of fused-ring (bicyclic) bond motifs is 1. The number of aromatic nitrogens is 1. The van der Waals surface area contributed by atoms with Crippen molar-refractivity contribution in [2.45, 2.75) is 6.18 Å². The normalized spacial score (nSPS) is 11.5. The number of ketones is 1. The number of methoxy groups -OCH3 is 3. The van der Waals surface area contributed by atoms with Crippen molar-refractivity contribution < 1.29 is 32.2 Å². The molecule has 0 spiro atoms. The highest BCUT2D eigenvalue weighted by Gasteiger charge is 2.36. The molecule has 4 rings (SSSR count). The lowest BCUT2D eigenvalue weighted by molar-refractivity contribution is -0.136. The van der Waals surface area contributed by atoms with Crippen molar-refractivity contribution in [3.05, 3.63) is 64.5 Å². The Labute approximate surface area is 196 Å². The van der Waals surface area contributed by atoms with Crippen molar-refractivity contribution in [1.82, 2.24) is 4.98 Å². The van der Waals surface area contributed by atoms with E-state index in [1.54, 1.807) is 24.3 Å². The van der Waals surface area contributed by atoms with Crippen molar-refractivity contribution in [2.75, 3.05) is 27.1 Å². The van der Waals surface area contributed by atoms with E-state index in [1.807, 2.05) is 0 Å². The molecule has 34 heavy (non-hydrogen) atoms. The molecular weight excluding hydrogens is 469 g/mol. The quantitative estimate of drug-likeness (QED) is 0.344. The average Bonchev–Trinajstić information content (AvgIpc) is 3.18. The predicted octanol–water partition coefficient (Wildman–Crippen LogP) is 5.82. The Morgan fingerprint density at radius 2 is 1.62 bits per heavy atom. The fraction of sp³-hybridized carbons (Fsp3) is 0.167. The molecule has 0 bridgehead atoms. The van der Waals surface area contributed by atoms with Gasteiger partial charge in [-0.3, -0.25) is 4.79 Å². The first-order valence-corrected chi connectivity index (χ1v) is 10.7. The van der Waals surface area contributed by atoms with Crippen LogP contribution >= 0.6 is 11.3 Å². The number of pyridine rings is 1. The number of ether oxygens (including phenoxy) is 3. The smallest absolute Gasteiger partial charge is 0.417 e. The molecule has 0 radical (unpaired) electrons. The van der Waals surface area contributed by atoms with E-state index in [0.717, 1.165) is 17.4 Å². The Morgan fingerprint density at radius 1 is 0.941 bits per heavy atom. The van der Waals surface area contributed by atoms with E-state index in [0.29, 0.717) is 22.8 Å². The summed E-state index contributed by atoms with van der Waals surface area (Å²) in [5, 5.41) is -0.293. The van der Waals surface area contributed by atoms with Crippen LogP contribution in [0.2, 0.25) is 0 Å². The van der Waals surface area contributed by atoms with Crippen molar-refractivity contribution in [3.63, 3.8) is 0 Å². The summed E-state index contributed by atoms with van der Waals surface area (Å²) in [6, 6.07) is 11.8. The molecule has 0 atom stereocenters. The van der Waals surface area contributed by atoms with Gasteiger partial charge in [0.25, 0.3) is 0 Å². The van der Waals surface area contributed by atoms with Gasteiger partial charge in [-0.15, -0.1) is 11.3 Å². The molecule has 10 heteroatoms. The van der Waals surface area contributed by atoms with E-state index in [2.05, 4.69) is 4.98 Å². The number of nitrogen functional groups attached to an aromatic ring is 1. The Hall–Kier alpha value is -3.79. The standard InChI is InChI=1S/C24H19F3N2O4S/c1-31-14-7-4-12(5-8-14)21(30)22-20(28)19-15(24(25,26)27)11-16(29-23(19)34-22)13-6-9-17(32-2)18(10-13)33-3/h4-11H,28H2,1-3H3. The first-order chi connectivity index (χ1) is 16.2. The lowest BCUT2D eigenvalue weighted by atomic mass is 10.0. The van der Waals surface area contributed by atoms with Gasteiger partial charge in [-0.25, -0.2) is 4.98 Å². The highest BCUT2D eigenvalue weighted by atomic mass is 32.1. The molecule has 2 N–H and O–H groups in total. The fourth-order valence-electron chi connectivity index (χ4n) is 3.53. The number of alkyl halides is 3. The van der Waals surface area contributed by atoms with Crippen LogP contribution in [0.5, 0.6) is 17.2 Å². The molecule has 0 saturated carbocycles. The number of anilines is 1. The van der Waals surface area contributed by atoms with Gasteiger partial charge in [0.2, 0.25) is 5.78 Å². The zero-order chi connectivity index (χ0) is 24.6. The summed E-state index contributed by atoms with van der Waals surface area (Å²) in [7, 11) is 4.37. The molecule has 4 aromatic rings. The van der Waals surface area contributed by atoms with Crippen LogP contribution in [0.25, 0.3) is 21.5 Å². The SMILES string of the molecule is COc1ccc(C(=O)c2sc3nc(-c4ccc(OC)c(OC)c4)cc(C(F)(F)F)c3c2N)cc1. The maximum atomic E-state index is 14.1. The summed E-state index contributed by atoms with van der Waals surface area (Å²) in [5.74, 6) is 0.818. The van der Waals surface area contributed by atoms with E-state index in [-0.39, 0.29) is 32.0 Å². The second kappa shape index (κ2) is 8.86. The second-order valence-corrected chi connectivity index (χ2v) is 8.20. The van der Waals surface area contributed by atoms with Crippen LogP contribution < -0.4 is 19.9 Å². The average molecular weight is 488 g/mol. The Bertz CT molecular complexity index is 1380. The van der Waals surface area contributed by atoms with E-state index in [4.69, 9.17) is 19.9 Å². The fourth-order valence-corrected chi connectivity index (χ4v) is 4.61. The Balaban J connectivity index is 1.90. The van der Waals surface area contributed by atoms with Gasteiger partial charge in [-0.2, -0.15) is 13.2 Å². The molecular formula is C24H19F3N2O4S. The van der Waals surface area contributed by atoms with Gasteiger partial charge in [0.1, 0.15) is 15.5 Å². The van der Waals surface area contributed by atoms with E-state index in [9.17, 15) is 18.0 Å². The van der Waals surface area contributed by atoms with Crippen LogP contribution in [0.1, 0.15) is 20.8 Å². The number of halogens is 3. The summed E-state index contributed by atoms with van der Waals surface area (Å²) >= 11 is 0.821. The van der Waals surface area contributed by atoms with Crippen LogP contribution in [0.4, 0.5) is 18.9 Å². The third-order valence-corrected chi connectivity index (χ3v) is 6.34. The summed E-state index contributed by atoms with van der Waals surface area (Å²) in [5.41, 5.74) is 5.59. The largest absolute Gasteiger partial charge is 0.497 e. The summed E-state index contributed by atoms with van der Waals surface area (Å²) in [6.45, 7) is 0. The topological polar surface area (TPSA) is 83.7 Å². The van der Waals surface area contributed by atoms with Gasteiger partial charge in [0.05, 0.1) is 38.3 Å². The molecule has 0 fully saturated rings. The lowest BCUT2D eigenvalue weighted by Crippen LogP contribution is -2.08. The number of hydrogen-bond donors (Lipinski definition) is 1. The van der Waals surface area contributed by atoms with Crippen molar-refractivity contribution >= 4 is 33.0 Å². The molecule has 0 amide bonds. The molecule has 6 nitrogen and oxygen atoms in total. The lowest BCUT2D eigenvalue weighted by Gasteiger charge is -2.13. The number of carbonyl (C=O) groups is 1. The summed E-state index contributed by atoms with van der Waals surface area (Å²) in [6.07, 6.45) is -4.72. The zero-order valence-corrected chi connectivity index (χ0v) is 19.1. The molecule has 2 aromatic heterocycles. The van der Waals surface area contributed by atoms with Crippen LogP contribution in [0, 0.1) is 0 Å². The molecule has 176 valence electrons. The van der Waals surface area contributed by atoms with Crippen molar-refractivity contribution in [2.24, 2.45) is 0 Å². The molecule has 0 aliphatic rings. The van der Waals surface area contributed by atoms with Crippen LogP contribution in [0.15, 0.2) is 48.5 Å². The molecule has 0 saturated heterocycles. The van der Waals surface area contributed by atoms with Gasteiger partial charge in [-0.05, 0) is 48.5 Å². The molecule has 0 aliphatic carbocycles. The Morgan fingerprint density at radius 3 is 2.21 bits per heavy atom. The zero-order valence-electron chi connectivity index (χ0n) is 18.3. The summed E-state index contributed by atoms with van der Waals surface area (Å²) < 4.78 is 57.7. The van der Waals surface area contributed by atoms with Crippen LogP contribution in [0.3, 0.4) is 0 Å². The van der Waals surface area contributed by atoms with Crippen molar-refractivity contribution in [1.29, 1.82) is 0 Å². The number of nitrogens with zero attached hydrogens (tertiary/aromatic N) is 1. The highest BCUT2D eigenvalue weighted by molar-refractivity contribution is 7.21. The van der Waals surface area contributed by atoms with Crippen LogP contribution in [-0.2, 0) is 6.18 Å². The maximum absolute atomic E-state index is 14.1. The number of rotatable bonds is 6. The van der Waals surface area contributed by atoms with E-state index >= 15 is 0 Å². The number of thiophene rings is 1. The number of hydrogen-bond acceptors (Lipinski definition) is 7. The first kappa shape index (κ1) is 23.4. The number of benzene rings is 2. The predicted molar refractivity (Wildman–Crippen MR) is 124 cm³/mol. The van der Waals surface area contributed by atoms with Crippen LogP contribution in [-0.4, -0.2) is 32.1 Å². The molecule has 0 aliphatic heterocycles. The van der Waals surface area contributed by atoms with Gasteiger partial charge >= 0.3 is 6.18 Å². The molecule has 2 heterocycles. The number of nitrogens with two attached hydrogens (primary N) is 1. The number of carbonyl (C=O) groups excluding carboxylic acids is 1. The van der Waals surface area contributed by atoms with Gasteiger partial charge in [-0.1, -0.05) is 0 Å². The first-order valence-electron chi connectivity index (χ1n) is 9.89. The minimum Gasteiger partial charge on any atom is -0.497 e. The Kier molecular flexibility index (Phi) is 6.09. The maximum Gasteiger partial charge on any atom is 0.417 e. The highest BCUT2D eigenvalue weighted by Crippen LogP contribution is 2.44. The molecule has 2 aromatic carbocycles. The monoisotopic (exact) mass is 488 g/mol. The van der Waals surface area contributed by atoms with Gasteiger partial charge in [0.15, 0.2) is 11.5 Å². The minimum atomic E-state index is -4.72. The third kappa shape index (κ3) is 4.12. The third-order valence-electron chi connectivity index (χ3n) is 5.24. The van der Waals surface area contributed by atoms with Gasteiger partial charge < -0.3 is 19.9 Å². The van der Waals surface area contributed by atoms with Crippen molar-refractivity contribution in [3.8, 4) is 28.5 Å². The minimum absolute atomic E-state index is 0.00831. The van der Waals surface area contributed by atoms with Gasteiger partial charge in [0, 0.05) is 16.5 Å². The second-order valence-electron chi connectivity index (χ2n) is 7.21. The summed E-state index contributed by atoms with van der Waals surface area (Å²) in [4.78, 5) is 17.5. The molecule has 0 unspecified atom stereocenters.